The van der Waals surface area contributed by atoms with E-state index < -0.39 is 17.9 Å². The number of hydrogen-bond acceptors (Lipinski definition) is 4. The van der Waals surface area contributed by atoms with Gasteiger partial charge in [-0.3, -0.25) is 14.4 Å². The summed E-state index contributed by atoms with van der Waals surface area (Å²) in [5.41, 5.74) is 0.974. The molecule has 3 amide bonds. The molecule has 0 radical (unpaired) electrons. The number of carbonyl (C=O) groups excluding carboxylic acids is 3. The summed E-state index contributed by atoms with van der Waals surface area (Å²) in [4.78, 5) is 40.8. The van der Waals surface area contributed by atoms with Crippen molar-refractivity contribution in [3.63, 3.8) is 0 Å². The fourth-order valence-electron chi connectivity index (χ4n) is 4.78. The van der Waals surface area contributed by atoms with Crippen LogP contribution in [0.5, 0.6) is 0 Å². The first kappa shape index (κ1) is 22.0. The Balaban J connectivity index is 1.88. The van der Waals surface area contributed by atoms with Crippen LogP contribution < -0.4 is 10.6 Å². The molecule has 7 nitrogen and oxygen atoms in total. The number of benzene rings is 1. The molecule has 1 heterocycles. The molecule has 1 saturated heterocycles. The third kappa shape index (κ3) is 4.26. The third-order valence-electron chi connectivity index (χ3n) is 6.27. The van der Waals surface area contributed by atoms with Gasteiger partial charge in [0.25, 0.3) is 0 Å². The minimum absolute atomic E-state index is 0.0408. The molecule has 162 valence electrons. The summed E-state index contributed by atoms with van der Waals surface area (Å²) in [6.45, 7) is 2.59. The summed E-state index contributed by atoms with van der Waals surface area (Å²) >= 11 is 0. The van der Waals surface area contributed by atoms with Crippen LogP contribution in [0.25, 0.3) is 0 Å². The van der Waals surface area contributed by atoms with Crippen LogP contribution in [0.1, 0.15) is 25.3 Å². The lowest BCUT2D eigenvalue weighted by molar-refractivity contribution is -0.140. The number of amides is 3. The van der Waals surface area contributed by atoms with Crippen molar-refractivity contribution in [2.45, 2.75) is 32.4 Å². The molecule has 30 heavy (non-hydrogen) atoms. The predicted molar refractivity (Wildman–Crippen MR) is 113 cm³/mol. The molecule has 3 N–H and O–H groups in total. The Morgan fingerprint density at radius 1 is 1.13 bits per heavy atom. The molecule has 5 atom stereocenters. The Morgan fingerprint density at radius 2 is 1.87 bits per heavy atom. The van der Waals surface area contributed by atoms with Crippen molar-refractivity contribution in [2.24, 2.45) is 23.7 Å². The standard InChI is InChI=1S/C23H31N3O4/c1-3-16-10-11-17-19(18(16)21(28)24-2)23(30)26(12-7-13-27)20(17)22(29)25-14-15-8-5-4-6-9-15/h4-6,8-11,16-20,27H,3,7,12-14H2,1-2H3,(H,24,28)(H,25,29)/t16-,17+,18-,19+,20+/m1/s1. The van der Waals surface area contributed by atoms with Gasteiger partial charge in [-0.15, -0.1) is 0 Å². The van der Waals surface area contributed by atoms with Crippen molar-refractivity contribution in [2.75, 3.05) is 20.2 Å². The predicted octanol–water partition coefficient (Wildman–Crippen LogP) is 1.09. The fourth-order valence-corrected chi connectivity index (χ4v) is 4.78. The second-order valence-electron chi connectivity index (χ2n) is 7.96. The second kappa shape index (κ2) is 9.89. The van der Waals surface area contributed by atoms with E-state index in [1.807, 2.05) is 49.4 Å². The summed E-state index contributed by atoms with van der Waals surface area (Å²) < 4.78 is 0. The molecule has 1 aromatic carbocycles. The smallest absolute Gasteiger partial charge is 0.243 e. The van der Waals surface area contributed by atoms with Gasteiger partial charge < -0.3 is 20.6 Å². The van der Waals surface area contributed by atoms with Gasteiger partial charge in [0, 0.05) is 32.7 Å². The molecule has 0 aromatic heterocycles. The molecule has 1 fully saturated rings. The van der Waals surface area contributed by atoms with Gasteiger partial charge in [-0.05, 0) is 24.3 Å². The highest BCUT2D eigenvalue weighted by molar-refractivity contribution is 5.96. The summed E-state index contributed by atoms with van der Waals surface area (Å²) in [6.07, 6.45) is 5.06. The summed E-state index contributed by atoms with van der Waals surface area (Å²) in [5.74, 6) is -2.03. The van der Waals surface area contributed by atoms with E-state index in [-0.39, 0.29) is 42.7 Å². The highest BCUT2D eigenvalue weighted by Crippen LogP contribution is 2.44. The van der Waals surface area contributed by atoms with Gasteiger partial charge in [0.05, 0.1) is 11.8 Å². The Morgan fingerprint density at radius 3 is 2.50 bits per heavy atom. The minimum atomic E-state index is -0.682. The van der Waals surface area contributed by atoms with E-state index in [1.165, 1.54) is 0 Å². The van der Waals surface area contributed by atoms with Crippen molar-refractivity contribution in [1.82, 2.24) is 15.5 Å². The summed E-state index contributed by atoms with van der Waals surface area (Å²) in [6, 6.07) is 8.91. The molecule has 0 unspecified atom stereocenters. The van der Waals surface area contributed by atoms with E-state index in [9.17, 15) is 19.5 Å². The van der Waals surface area contributed by atoms with Crippen LogP contribution in [0.3, 0.4) is 0 Å². The molecule has 2 aliphatic rings. The molecule has 3 rings (SSSR count). The van der Waals surface area contributed by atoms with Crippen molar-refractivity contribution < 1.29 is 19.5 Å². The van der Waals surface area contributed by atoms with Crippen LogP contribution in [0, 0.1) is 23.7 Å². The Bertz CT molecular complexity index is 795. The molecular weight excluding hydrogens is 382 g/mol. The molecular formula is C23H31N3O4. The van der Waals surface area contributed by atoms with Gasteiger partial charge >= 0.3 is 0 Å². The highest BCUT2D eigenvalue weighted by atomic mass is 16.3. The number of aliphatic hydroxyl groups excluding tert-OH is 1. The van der Waals surface area contributed by atoms with Gasteiger partial charge in [0.2, 0.25) is 17.7 Å². The molecule has 1 aliphatic carbocycles. The van der Waals surface area contributed by atoms with E-state index in [0.717, 1.165) is 12.0 Å². The largest absolute Gasteiger partial charge is 0.396 e. The lowest BCUT2D eigenvalue weighted by Crippen LogP contribution is -2.47. The zero-order valence-electron chi connectivity index (χ0n) is 17.6. The minimum Gasteiger partial charge on any atom is -0.396 e. The van der Waals surface area contributed by atoms with Gasteiger partial charge in [-0.1, -0.05) is 49.4 Å². The van der Waals surface area contributed by atoms with E-state index in [1.54, 1.807) is 11.9 Å². The Hall–Kier alpha value is -2.67. The quantitative estimate of drug-likeness (QED) is 0.556. The maximum Gasteiger partial charge on any atom is 0.243 e. The number of hydrogen-bond donors (Lipinski definition) is 3. The van der Waals surface area contributed by atoms with E-state index in [4.69, 9.17) is 0 Å². The van der Waals surface area contributed by atoms with Crippen molar-refractivity contribution in [1.29, 1.82) is 0 Å². The first-order chi connectivity index (χ1) is 14.5. The lowest BCUT2D eigenvalue weighted by atomic mass is 9.69. The van der Waals surface area contributed by atoms with Gasteiger partial charge in [-0.2, -0.15) is 0 Å². The van der Waals surface area contributed by atoms with Crippen LogP contribution in [0.15, 0.2) is 42.5 Å². The summed E-state index contributed by atoms with van der Waals surface area (Å²) in [5, 5.41) is 14.9. The van der Waals surface area contributed by atoms with Gasteiger partial charge in [0.15, 0.2) is 0 Å². The molecule has 0 bridgehead atoms. The maximum absolute atomic E-state index is 13.4. The van der Waals surface area contributed by atoms with Crippen LogP contribution >= 0.6 is 0 Å². The Kier molecular flexibility index (Phi) is 7.26. The SMILES string of the molecule is CC[C@@H]1C=C[C@H]2[C@H](C(=O)N(CCCO)[C@@H]2C(=O)NCc2ccccc2)[C@@H]1C(=O)NC. The lowest BCUT2D eigenvalue weighted by Gasteiger charge is -2.33. The van der Waals surface area contributed by atoms with Crippen molar-refractivity contribution in [3.05, 3.63) is 48.0 Å². The molecule has 0 saturated carbocycles. The number of aliphatic hydroxyl groups is 1. The normalized spacial score (nSPS) is 27.6. The monoisotopic (exact) mass is 413 g/mol. The topological polar surface area (TPSA) is 98.7 Å². The maximum atomic E-state index is 13.4. The molecule has 0 spiro atoms. The number of nitrogens with zero attached hydrogens (tertiary/aromatic N) is 1. The van der Waals surface area contributed by atoms with Crippen molar-refractivity contribution in [3.8, 4) is 0 Å². The molecule has 1 aromatic rings. The first-order valence-electron chi connectivity index (χ1n) is 10.7. The second-order valence-corrected chi connectivity index (χ2v) is 7.96. The van der Waals surface area contributed by atoms with E-state index in [2.05, 4.69) is 10.6 Å². The number of carbonyl (C=O) groups is 3. The van der Waals surface area contributed by atoms with Crippen LogP contribution in [-0.2, 0) is 20.9 Å². The van der Waals surface area contributed by atoms with Gasteiger partial charge in [-0.25, -0.2) is 0 Å². The van der Waals surface area contributed by atoms with Crippen molar-refractivity contribution >= 4 is 17.7 Å². The van der Waals surface area contributed by atoms with E-state index in [0.29, 0.717) is 13.0 Å². The number of nitrogens with one attached hydrogen (secondary N) is 2. The number of rotatable bonds is 8. The highest BCUT2D eigenvalue weighted by Gasteiger charge is 2.56. The van der Waals surface area contributed by atoms with Crippen LogP contribution in [0.4, 0.5) is 0 Å². The number of likely N-dealkylation sites (tertiary alicyclic amines) is 1. The molecule has 7 heteroatoms. The zero-order valence-corrected chi connectivity index (χ0v) is 17.6. The van der Waals surface area contributed by atoms with E-state index >= 15 is 0 Å². The fraction of sp³-hybridized carbons (Fsp3) is 0.522. The average molecular weight is 414 g/mol. The zero-order chi connectivity index (χ0) is 21.7. The first-order valence-corrected chi connectivity index (χ1v) is 10.7. The third-order valence-corrected chi connectivity index (χ3v) is 6.27. The molecule has 1 aliphatic heterocycles. The van der Waals surface area contributed by atoms with Crippen LogP contribution in [-0.4, -0.2) is 54.0 Å². The number of fused-ring (bicyclic) bond motifs is 1. The Labute approximate surface area is 177 Å². The average Bonchev–Trinajstić information content (AvgIpc) is 3.07. The summed E-state index contributed by atoms with van der Waals surface area (Å²) in [7, 11) is 1.58. The van der Waals surface area contributed by atoms with Crippen LogP contribution in [0.2, 0.25) is 0 Å². The van der Waals surface area contributed by atoms with Gasteiger partial charge in [0.1, 0.15) is 6.04 Å². The number of allylic oxidation sites excluding steroid dienone is 1.